The second kappa shape index (κ2) is 8.33. The predicted octanol–water partition coefficient (Wildman–Crippen LogP) is 3.93. The van der Waals surface area contributed by atoms with Gasteiger partial charge in [0.05, 0.1) is 23.5 Å². The molecule has 9 heteroatoms. The lowest BCUT2D eigenvalue weighted by atomic mass is 9.89. The number of aromatic nitrogens is 1. The summed E-state index contributed by atoms with van der Waals surface area (Å²) in [6.07, 6.45) is -1.70. The van der Waals surface area contributed by atoms with E-state index >= 15 is 0 Å². The summed E-state index contributed by atoms with van der Waals surface area (Å²) in [6, 6.07) is 5.88. The lowest BCUT2D eigenvalue weighted by Crippen LogP contribution is -2.46. The number of anilines is 2. The monoisotopic (exact) mass is 420 g/mol. The number of carbonyl (C=O) groups excluding carboxylic acids is 2. The van der Waals surface area contributed by atoms with Gasteiger partial charge in [0.15, 0.2) is 0 Å². The first-order chi connectivity index (χ1) is 14.1. The highest BCUT2D eigenvalue weighted by atomic mass is 19.4. The van der Waals surface area contributed by atoms with Crippen molar-refractivity contribution in [1.82, 2.24) is 9.88 Å². The van der Waals surface area contributed by atoms with E-state index in [9.17, 15) is 22.8 Å². The van der Waals surface area contributed by atoms with E-state index in [2.05, 4.69) is 10.3 Å². The first-order valence-corrected chi connectivity index (χ1v) is 9.57. The number of nitrogen functional groups attached to an aromatic ring is 1. The minimum Gasteiger partial charge on any atom is -0.383 e. The average Bonchev–Trinajstić information content (AvgIpc) is 2.69. The number of aryl methyl sites for hydroxylation is 1. The molecule has 0 radical (unpaired) electrons. The van der Waals surface area contributed by atoms with Crippen molar-refractivity contribution in [3.8, 4) is 0 Å². The fraction of sp³-hybridized carbons (Fsp3) is 0.381. The number of nitrogens with two attached hydrogens (primary N) is 1. The van der Waals surface area contributed by atoms with Gasteiger partial charge in [0.1, 0.15) is 5.82 Å². The third-order valence-electron chi connectivity index (χ3n) is 5.27. The topological polar surface area (TPSA) is 88.3 Å². The standard InChI is InChI=1S/C21H23F3N4O2/c1-12-3-8-17(14-4-6-15(7-5-14)21(22,23)24)28(11-12)20(30)19(29)27-16-9-13(2)18(25)26-10-16/h4-7,9-10,12,17H,3,8,11H2,1-2H3,(H2,25,26)(H,27,29)/t12-,17+/m0/s1. The van der Waals surface area contributed by atoms with Gasteiger partial charge in [-0.1, -0.05) is 19.1 Å². The number of pyridine rings is 1. The fourth-order valence-electron chi connectivity index (χ4n) is 3.59. The summed E-state index contributed by atoms with van der Waals surface area (Å²) in [4.78, 5) is 30.9. The maximum Gasteiger partial charge on any atom is 0.416 e. The zero-order valence-electron chi connectivity index (χ0n) is 16.7. The number of nitrogens with one attached hydrogen (secondary N) is 1. The van der Waals surface area contributed by atoms with Crippen LogP contribution in [0.3, 0.4) is 0 Å². The van der Waals surface area contributed by atoms with E-state index in [0.717, 1.165) is 18.6 Å². The molecule has 0 bridgehead atoms. The van der Waals surface area contributed by atoms with Crippen LogP contribution < -0.4 is 11.1 Å². The van der Waals surface area contributed by atoms with E-state index in [0.29, 0.717) is 35.6 Å². The van der Waals surface area contributed by atoms with Gasteiger partial charge in [-0.05, 0) is 55.0 Å². The summed E-state index contributed by atoms with van der Waals surface area (Å²) >= 11 is 0. The lowest BCUT2D eigenvalue weighted by Gasteiger charge is -2.38. The Labute approximate surface area is 172 Å². The number of carbonyl (C=O) groups is 2. The van der Waals surface area contributed by atoms with Crippen molar-refractivity contribution < 1.29 is 22.8 Å². The van der Waals surface area contributed by atoms with Crippen LogP contribution in [0.15, 0.2) is 36.5 Å². The Hall–Kier alpha value is -3.10. The molecule has 1 saturated heterocycles. The Morgan fingerprint density at radius 3 is 2.47 bits per heavy atom. The summed E-state index contributed by atoms with van der Waals surface area (Å²) in [5.74, 6) is -1.06. The molecule has 0 aliphatic carbocycles. The molecule has 30 heavy (non-hydrogen) atoms. The van der Waals surface area contributed by atoms with Gasteiger partial charge in [0.25, 0.3) is 0 Å². The molecule has 0 unspecified atom stereocenters. The second-order valence-corrected chi connectivity index (χ2v) is 7.66. The molecule has 1 aliphatic rings. The van der Waals surface area contributed by atoms with Gasteiger partial charge >= 0.3 is 18.0 Å². The molecule has 2 atom stereocenters. The van der Waals surface area contributed by atoms with Crippen LogP contribution in [0.1, 0.15) is 42.5 Å². The summed E-state index contributed by atoms with van der Waals surface area (Å²) in [7, 11) is 0. The minimum absolute atomic E-state index is 0.174. The maximum absolute atomic E-state index is 12.9. The molecular formula is C21H23F3N4O2. The van der Waals surface area contributed by atoms with Crippen LogP contribution in [0.4, 0.5) is 24.7 Å². The van der Waals surface area contributed by atoms with Gasteiger partial charge in [-0.15, -0.1) is 0 Å². The van der Waals surface area contributed by atoms with Crippen molar-refractivity contribution in [3.05, 3.63) is 53.2 Å². The third kappa shape index (κ3) is 4.72. The third-order valence-corrected chi connectivity index (χ3v) is 5.27. The highest BCUT2D eigenvalue weighted by Gasteiger charge is 2.35. The Morgan fingerprint density at radius 1 is 1.20 bits per heavy atom. The molecule has 2 heterocycles. The largest absolute Gasteiger partial charge is 0.416 e. The molecule has 1 aromatic carbocycles. The van der Waals surface area contributed by atoms with Crippen LogP contribution in [-0.2, 0) is 15.8 Å². The Kier molecular flexibility index (Phi) is 6.00. The van der Waals surface area contributed by atoms with Crippen molar-refractivity contribution in [2.24, 2.45) is 5.92 Å². The van der Waals surface area contributed by atoms with E-state index in [-0.39, 0.29) is 5.92 Å². The number of amides is 2. The van der Waals surface area contributed by atoms with Crippen LogP contribution in [0.2, 0.25) is 0 Å². The number of benzene rings is 1. The van der Waals surface area contributed by atoms with Crippen molar-refractivity contribution in [2.45, 2.75) is 38.9 Å². The molecule has 6 nitrogen and oxygen atoms in total. The Morgan fingerprint density at radius 2 is 1.87 bits per heavy atom. The average molecular weight is 420 g/mol. The molecule has 2 aromatic rings. The molecule has 1 aromatic heterocycles. The number of rotatable bonds is 2. The van der Waals surface area contributed by atoms with Crippen molar-refractivity contribution in [3.63, 3.8) is 0 Å². The molecule has 0 saturated carbocycles. The zero-order valence-corrected chi connectivity index (χ0v) is 16.7. The van der Waals surface area contributed by atoms with Gasteiger partial charge in [-0.2, -0.15) is 13.2 Å². The van der Waals surface area contributed by atoms with E-state index < -0.39 is 29.6 Å². The molecule has 2 amide bonds. The number of nitrogens with zero attached hydrogens (tertiary/aromatic N) is 2. The normalized spacial score (nSPS) is 19.4. The molecular weight excluding hydrogens is 397 g/mol. The van der Waals surface area contributed by atoms with Crippen LogP contribution in [0.5, 0.6) is 0 Å². The van der Waals surface area contributed by atoms with Crippen LogP contribution in [-0.4, -0.2) is 28.2 Å². The fourth-order valence-corrected chi connectivity index (χ4v) is 3.59. The van der Waals surface area contributed by atoms with E-state index in [1.165, 1.54) is 23.2 Å². The van der Waals surface area contributed by atoms with Crippen LogP contribution in [0, 0.1) is 12.8 Å². The van der Waals surface area contributed by atoms with Crippen molar-refractivity contribution >= 4 is 23.3 Å². The summed E-state index contributed by atoms with van der Waals surface area (Å²) in [5, 5.41) is 2.53. The van der Waals surface area contributed by atoms with Gasteiger partial charge in [-0.3, -0.25) is 9.59 Å². The number of likely N-dealkylation sites (tertiary alicyclic amines) is 1. The van der Waals surface area contributed by atoms with Crippen molar-refractivity contribution in [2.75, 3.05) is 17.6 Å². The number of piperidine rings is 1. The smallest absolute Gasteiger partial charge is 0.383 e. The molecule has 160 valence electrons. The zero-order chi connectivity index (χ0) is 22.1. The van der Waals surface area contributed by atoms with E-state index in [1.807, 2.05) is 6.92 Å². The summed E-state index contributed by atoms with van der Waals surface area (Å²) < 4.78 is 38.6. The quantitative estimate of drug-likeness (QED) is 0.721. The lowest BCUT2D eigenvalue weighted by molar-refractivity contribution is -0.146. The SMILES string of the molecule is Cc1cc(NC(=O)C(=O)N2C[C@@H](C)CC[C@@H]2c2ccc(C(F)(F)F)cc2)cnc1N. The molecule has 3 rings (SSSR count). The van der Waals surface area contributed by atoms with Gasteiger partial charge in [-0.25, -0.2) is 4.98 Å². The van der Waals surface area contributed by atoms with Crippen LogP contribution >= 0.6 is 0 Å². The Bertz CT molecular complexity index is 944. The van der Waals surface area contributed by atoms with E-state index in [4.69, 9.17) is 5.73 Å². The number of halogens is 3. The Balaban J connectivity index is 1.80. The van der Waals surface area contributed by atoms with Crippen LogP contribution in [0.25, 0.3) is 0 Å². The molecule has 0 spiro atoms. The molecule has 3 N–H and O–H groups in total. The molecule has 1 fully saturated rings. The van der Waals surface area contributed by atoms with Gasteiger partial charge < -0.3 is 16.0 Å². The minimum atomic E-state index is -4.43. The van der Waals surface area contributed by atoms with E-state index in [1.54, 1.807) is 13.0 Å². The highest BCUT2D eigenvalue weighted by Crippen LogP contribution is 2.35. The van der Waals surface area contributed by atoms with Gasteiger partial charge in [0.2, 0.25) is 0 Å². The first-order valence-electron chi connectivity index (χ1n) is 9.57. The number of hydrogen-bond donors (Lipinski definition) is 2. The second-order valence-electron chi connectivity index (χ2n) is 7.66. The summed E-state index contributed by atoms with van der Waals surface area (Å²) in [6.45, 7) is 4.04. The summed E-state index contributed by atoms with van der Waals surface area (Å²) in [5.41, 5.74) is 6.49. The number of hydrogen-bond acceptors (Lipinski definition) is 4. The highest BCUT2D eigenvalue weighted by molar-refractivity contribution is 6.39. The maximum atomic E-state index is 12.9. The number of alkyl halides is 3. The first kappa shape index (κ1) is 21.6. The van der Waals surface area contributed by atoms with Gasteiger partial charge in [0, 0.05) is 6.54 Å². The molecule has 1 aliphatic heterocycles. The van der Waals surface area contributed by atoms with Crippen molar-refractivity contribution in [1.29, 1.82) is 0 Å². The predicted molar refractivity (Wildman–Crippen MR) is 106 cm³/mol.